The van der Waals surface area contributed by atoms with Gasteiger partial charge in [-0.25, -0.2) is 4.98 Å². The first-order valence-electron chi connectivity index (χ1n) is 9.79. The van der Waals surface area contributed by atoms with Gasteiger partial charge in [-0.05, 0) is 50.1 Å². The summed E-state index contributed by atoms with van der Waals surface area (Å²) in [6.07, 6.45) is 4.18. The van der Waals surface area contributed by atoms with Gasteiger partial charge in [0.05, 0.1) is 24.2 Å². The lowest BCUT2D eigenvalue weighted by Crippen LogP contribution is -2.37. The molecular weight excluding hydrogens is 364 g/mol. The van der Waals surface area contributed by atoms with Crippen LogP contribution in [0, 0.1) is 6.92 Å². The third-order valence-electron chi connectivity index (χ3n) is 4.47. The van der Waals surface area contributed by atoms with E-state index in [-0.39, 0.29) is 12.0 Å². The Kier molecular flexibility index (Phi) is 6.67. The van der Waals surface area contributed by atoms with Crippen LogP contribution in [0.4, 0.5) is 5.69 Å². The fourth-order valence-electron chi connectivity index (χ4n) is 3.06. The van der Waals surface area contributed by atoms with Gasteiger partial charge in [-0.3, -0.25) is 4.79 Å². The lowest BCUT2D eigenvalue weighted by atomic mass is 10.1. The van der Waals surface area contributed by atoms with Crippen LogP contribution in [-0.2, 0) is 17.8 Å². The minimum absolute atomic E-state index is 0.101. The monoisotopic (exact) mass is 392 g/mol. The highest BCUT2D eigenvalue weighted by atomic mass is 16.5. The third kappa shape index (κ3) is 5.93. The number of benzene rings is 2. The lowest BCUT2D eigenvalue weighted by molar-refractivity contribution is -0.117. The molecule has 1 aromatic heterocycles. The molecule has 0 fully saturated rings. The molecule has 1 heterocycles. The smallest absolute Gasteiger partial charge is 0.241 e. The highest BCUT2D eigenvalue weighted by Crippen LogP contribution is 2.23. The molecule has 6 heteroatoms. The fourth-order valence-corrected chi connectivity index (χ4v) is 3.06. The number of anilines is 1. The Morgan fingerprint density at radius 1 is 1.21 bits per heavy atom. The molecule has 1 amide bonds. The normalized spacial score (nSPS) is 12.0. The van der Waals surface area contributed by atoms with E-state index in [1.807, 2.05) is 67.9 Å². The van der Waals surface area contributed by atoms with Crippen LogP contribution < -0.4 is 15.8 Å². The summed E-state index contributed by atoms with van der Waals surface area (Å²) in [5.74, 6) is 0.575. The van der Waals surface area contributed by atoms with Crippen molar-refractivity contribution in [3.8, 4) is 5.75 Å². The number of nitrogens with zero attached hydrogens (tertiary/aromatic N) is 2. The van der Waals surface area contributed by atoms with Crippen LogP contribution in [0.5, 0.6) is 5.75 Å². The van der Waals surface area contributed by atoms with Gasteiger partial charge in [0.1, 0.15) is 5.75 Å². The molecule has 1 atom stereocenters. The van der Waals surface area contributed by atoms with E-state index in [0.717, 1.165) is 23.6 Å². The summed E-state index contributed by atoms with van der Waals surface area (Å²) in [4.78, 5) is 16.9. The Labute approximate surface area is 171 Å². The second-order valence-corrected chi connectivity index (χ2v) is 7.47. The van der Waals surface area contributed by atoms with Crippen LogP contribution in [0.1, 0.15) is 30.7 Å². The molecule has 0 aliphatic carbocycles. The summed E-state index contributed by atoms with van der Waals surface area (Å²) in [5, 5.41) is 2.88. The number of hydrogen-bond acceptors (Lipinski definition) is 4. The van der Waals surface area contributed by atoms with Gasteiger partial charge in [-0.15, -0.1) is 0 Å². The molecule has 2 aromatic carbocycles. The maximum atomic E-state index is 12.5. The average molecular weight is 393 g/mol. The number of imidazole rings is 1. The zero-order valence-electron chi connectivity index (χ0n) is 17.1. The lowest BCUT2D eigenvalue weighted by Gasteiger charge is -2.15. The number of carbonyl (C=O) groups is 1. The van der Waals surface area contributed by atoms with Gasteiger partial charge in [-0.2, -0.15) is 0 Å². The zero-order valence-corrected chi connectivity index (χ0v) is 17.1. The van der Waals surface area contributed by atoms with Crippen molar-refractivity contribution in [3.05, 3.63) is 77.9 Å². The van der Waals surface area contributed by atoms with Gasteiger partial charge >= 0.3 is 0 Å². The van der Waals surface area contributed by atoms with Crippen molar-refractivity contribution >= 4 is 11.6 Å². The molecule has 3 N–H and O–H groups in total. The second kappa shape index (κ2) is 9.39. The van der Waals surface area contributed by atoms with E-state index in [9.17, 15) is 4.79 Å². The molecule has 0 saturated heterocycles. The highest BCUT2D eigenvalue weighted by Gasteiger charge is 2.16. The van der Waals surface area contributed by atoms with Crippen LogP contribution in [0.15, 0.2) is 61.1 Å². The zero-order chi connectivity index (χ0) is 20.8. The van der Waals surface area contributed by atoms with Crippen LogP contribution in [0.25, 0.3) is 0 Å². The Hall–Kier alpha value is -3.12. The highest BCUT2D eigenvalue weighted by molar-refractivity contribution is 5.95. The first kappa shape index (κ1) is 20.6. The van der Waals surface area contributed by atoms with E-state index in [4.69, 9.17) is 10.5 Å². The Morgan fingerprint density at radius 2 is 1.97 bits per heavy atom. The molecular formula is C23H28N4O2. The fraction of sp³-hybridized carbons (Fsp3) is 0.304. The van der Waals surface area contributed by atoms with Crippen molar-refractivity contribution in [2.45, 2.75) is 45.9 Å². The number of ether oxygens (including phenoxy) is 1. The topological polar surface area (TPSA) is 82.2 Å². The van der Waals surface area contributed by atoms with Crippen molar-refractivity contribution in [1.82, 2.24) is 9.55 Å². The standard InChI is InChI=1S/C23H28N4O2/c1-16(2)29-22-10-9-19(11-17(22)3)26-23(28)21(24)12-20-14-27(15-25-20)13-18-7-5-4-6-8-18/h4-11,14-16,21H,12-13,24H2,1-3H3,(H,26,28)/t21-/m0/s1. The molecule has 152 valence electrons. The Morgan fingerprint density at radius 3 is 2.66 bits per heavy atom. The third-order valence-corrected chi connectivity index (χ3v) is 4.47. The van der Waals surface area contributed by atoms with Gasteiger partial charge in [0.15, 0.2) is 0 Å². The minimum Gasteiger partial charge on any atom is -0.491 e. The summed E-state index contributed by atoms with van der Waals surface area (Å²) in [5.41, 5.74) is 9.76. The van der Waals surface area contributed by atoms with E-state index in [1.54, 1.807) is 6.33 Å². The van der Waals surface area contributed by atoms with Crippen LogP contribution in [-0.4, -0.2) is 27.6 Å². The molecule has 3 aromatic rings. The molecule has 0 unspecified atom stereocenters. The number of nitrogens with two attached hydrogens (primary N) is 1. The molecule has 3 rings (SSSR count). The summed E-state index contributed by atoms with van der Waals surface area (Å²) < 4.78 is 7.72. The number of rotatable bonds is 8. The molecule has 0 radical (unpaired) electrons. The summed E-state index contributed by atoms with van der Waals surface area (Å²) in [6.45, 7) is 6.65. The molecule has 0 bridgehead atoms. The van der Waals surface area contributed by atoms with Gasteiger partial charge in [-0.1, -0.05) is 30.3 Å². The van der Waals surface area contributed by atoms with Crippen molar-refractivity contribution in [2.75, 3.05) is 5.32 Å². The van der Waals surface area contributed by atoms with E-state index in [0.29, 0.717) is 12.1 Å². The van der Waals surface area contributed by atoms with Crippen LogP contribution in [0.2, 0.25) is 0 Å². The number of aromatic nitrogens is 2. The number of amides is 1. The Balaban J connectivity index is 1.56. The first-order valence-corrected chi connectivity index (χ1v) is 9.79. The Bertz CT molecular complexity index is 951. The van der Waals surface area contributed by atoms with E-state index in [2.05, 4.69) is 22.4 Å². The van der Waals surface area contributed by atoms with E-state index < -0.39 is 6.04 Å². The minimum atomic E-state index is -0.679. The predicted molar refractivity (Wildman–Crippen MR) is 115 cm³/mol. The molecule has 0 saturated carbocycles. The number of carbonyl (C=O) groups excluding carboxylic acids is 1. The predicted octanol–water partition coefficient (Wildman–Crippen LogP) is 3.54. The molecule has 0 aliphatic heterocycles. The number of hydrogen-bond donors (Lipinski definition) is 2. The van der Waals surface area contributed by atoms with Gasteiger partial charge in [0.25, 0.3) is 0 Å². The molecule has 0 spiro atoms. The quantitative estimate of drug-likeness (QED) is 0.614. The summed E-state index contributed by atoms with van der Waals surface area (Å²) >= 11 is 0. The maximum absolute atomic E-state index is 12.5. The van der Waals surface area contributed by atoms with E-state index in [1.165, 1.54) is 5.56 Å². The van der Waals surface area contributed by atoms with Crippen LogP contribution >= 0.6 is 0 Å². The van der Waals surface area contributed by atoms with E-state index >= 15 is 0 Å². The van der Waals surface area contributed by atoms with Crippen molar-refractivity contribution in [1.29, 1.82) is 0 Å². The first-order chi connectivity index (χ1) is 13.9. The number of nitrogens with one attached hydrogen (secondary N) is 1. The number of aryl methyl sites for hydroxylation is 1. The SMILES string of the molecule is Cc1cc(NC(=O)[C@@H](N)Cc2cn(Cc3ccccc3)cn2)ccc1OC(C)C. The largest absolute Gasteiger partial charge is 0.491 e. The summed E-state index contributed by atoms with van der Waals surface area (Å²) in [6, 6.07) is 15.0. The van der Waals surface area contributed by atoms with Gasteiger partial charge in [0, 0.05) is 24.8 Å². The maximum Gasteiger partial charge on any atom is 0.241 e. The van der Waals surface area contributed by atoms with Gasteiger partial charge < -0.3 is 20.4 Å². The summed E-state index contributed by atoms with van der Waals surface area (Å²) in [7, 11) is 0. The van der Waals surface area contributed by atoms with Crippen LogP contribution in [0.3, 0.4) is 0 Å². The molecule has 29 heavy (non-hydrogen) atoms. The van der Waals surface area contributed by atoms with Crippen molar-refractivity contribution in [3.63, 3.8) is 0 Å². The second-order valence-electron chi connectivity index (χ2n) is 7.47. The van der Waals surface area contributed by atoms with Gasteiger partial charge in [0.2, 0.25) is 5.91 Å². The molecule has 6 nitrogen and oxygen atoms in total. The van der Waals surface area contributed by atoms with Crippen molar-refractivity contribution < 1.29 is 9.53 Å². The molecule has 0 aliphatic rings. The van der Waals surface area contributed by atoms with Crippen molar-refractivity contribution in [2.24, 2.45) is 5.73 Å². The average Bonchev–Trinajstić information content (AvgIpc) is 3.11.